The van der Waals surface area contributed by atoms with Crippen molar-refractivity contribution in [2.45, 2.75) is 39.0 Å². The summed E-state index contributed by atoms with van der Waals surface area (Å²) in [6.45, 7) is 2.21. The normalized spacial score (nSPS) is 22.0. The smallest absolute Gasteiger partial charge is 0.201 e. The summed E-state index contributed by atoms with van der Waals surface area (Å²) < 4.78 is 32.1. The van der Waals surface area contributed by atoms with Gasteiger partial charge in [0.05, 0.1) is 12.7 Å². The monoisotopic (exact) mass is 278 g/mol. The Bertz CT molecular complexity index is 520. The second-order valence-corrected chi connectivity index (χ2v) is 5.34. The summed E-state index contributed by atoms with van der Waals surface area (Å²) in [7, 11) is 1.31. The predicted octanol–water partition coefficient (Wildman–Crippen LogP) is 4.54. The lowest BCUT2D eigenvalue weighted by Gasteiger charge is -2.24. The minimum Gasteiger partial charge on any atom is -0.494 e. The number of hydrogen-bond acceptors (Lipinski definition) is 1. The lowest BCUT2D eigenvalue weighted by Crippen LogP contribution is -2.12. The molecule has 0 atom stereocenters. The Balaban J connectivity index is 2.08. The Labute approximate surface area is 119 Å². The van der Waals surface area contributed by atoms with Crippen LogP contribution < -0.4 is 4.74 Å². The number of ether oxygens (including phenoxy) is 1. The molecule has 2 rings (SSSR count). The fourth-order valence-corrected chi connectivity index (χ4v) is 2.68. The zero-order chi connectivity index (χ0) is 14.5. The molecule has 0 N–H and O–H groups in total. The molecule has 108 valence electrons. The van der Waals surface area contributed by atoms with Crippen LogP contribution in [-0.2, 0) is 0 Å². The van der Waals surface area contributed by atoms with Gasteiger partial charge in [0, 0.05) is 5.92 Å². The molecule has 0 spiro atoms. The van der Waals surface area contributed by atoms with Crippen LogP contribution in [0.5, 0.6) is 5.75 Å². The molecule has 0 bridgehead atoms. The van der Waals surface area contributed by atoms with Crippen molar-refractivity contribution in [3.8, 4) is 17.6 Å². The summed E-state index contributed by atoms with van der Waals surface area (Å²) in [5.41, 5.74) is 0.112. The van der Waals surface area contributed by atoms with E-state index in [9.17, 15) is 8.78 Å². The van der Waals surface area contributed by atoms with Crippen LogP contribution in [0, 0.1) is 35.3 Å². The summed E-state index contributed by atoms with van der Waals surface area (Å²) in [5.74, 6) is 5.03. The van der Waals surface area contributed by atoms with E-state index in [0.29, 0.717) is 5.92 Å². The third-order valence-electron chi connectivity index (χ3n) is 4.10. The second-order valence-electron chi connectivity index (χ2n) is 5.34. The van der Waals surface area contributed by atoms with Gasteiger partial charge in [-0.2, -0.15) is 4.39 Å². The zero-order valence-corrected chi connectivity index (χ0v) is 12.0. The van der Waals surface area contributed by atoms with E-state index in [1.54, 1.807) is 0 Å². The number of hydrogen-bond donors (Lipinski definition) is 0. The quantitative estimate of drug-likeness (QED) is 0.722. The largest absolute Gasteiger partial charge is 0.494 e. The van der Waals surface area contributed by atoms with Crippen molar-refractivity contribution in [3.63, 3.8) is 0 Å². The first-order chi connectivity index (χ1) is 9.65. The molecule has 0 radical (unpaired) electrons. The minimum atomic E-state index is -0.964. The third kappa shape index (κ3) is 3.30. The van der Waals surface area contributed by atoms with Gasteiger partial charge in [-0.25, -0.2) is 4.39 Å². The van der Waals surface area contributed by atoms with E-state index in [2.05, 4.69) is 18.8 Å². The highest BCUT2D eigenvalue weighted by Crippen LogP contribution is 2.30. The highest BCUT2D eigenvalue weighted by molar-refractivity contribution is 5.41. The van der Waals surface area contributed by atoms with Crippen molar-refractivity contribution in [2.75, 3.05) is 7.11 Å². The van der Waals surface area contributed by atoms with Gasteiger partial charge in [0.15, 0.2) is 11.6 Å². The first-order valence-corrected chi connectivity index (χ1v) is 7.19. The first-order valence-electron chi connectivity index (χ1n) is 7.19. The zero-order valence-electron chi connectivity index (χ0n) is 12.0. The van der Waals surface area contributed by atoms with Crippen LogP contribution in [0.3, 0.4) is 0 Å². The lowest BCUT2D eigenvalue weighted by molar-refractivity contribution is 0.309. The number of methoxy groups -OCH3 is 1. The molecule has 1 aromatic rings. The molecule has 0 unspecified atom stereocenters. The van der Waals surface area contributed by atoms with Crippen molar-refractivity contribution in [3.05, 3.63) is 29.3 Å². The molecule has 3 heteroatoms. The van der Waals surface area contributed by atoms with Crippen molar-refractivity contribution < 1.29 is 13.5 Å². The standard InChI is InChI=1S/C17H20F2O/c1-3-12-4-6-13(7-5-12)8-9-14-10-11-15(20-2)17(19)16(14)18/h10-13H,3-7H2,1-2H3. The average molecular weight is 278 g/mol. The molecule has 1 saturated carbocycles. The summed E-state index contributed by atoms with van der Waals surface area (Å²) in [6, 6.07) is 2.89. The number of benzene rings is 1. The van der Waals surface area contributed by atoms with Gasteiger partial charge in [-0.1, -0.05) is 25.2 Å². The van der Waals surface area contributed by atoms with Gasteiger partial charge in [0.1, 0.15) is 0 Å². The summed E-state index contributed by atoms with van der Waals surface area (Å²) in [5, 5.41) is 0. The summed E-state index contributed by atoms with van der Waals surface area (Å²) in [4.78, 5) is 0. The van der Waals surface area contributed by atoms with Gasteiger partial charge in [0.2, 0.25) is 5.82 Å². The maximum atomic E-state index is 13.8. The van der Waals surface area contributed by atoms with Crippen LogP contribution in [0.15, 0.2) is 12.1 Å². The Kier molecular flexibility index (Phi) is 5.00. The summed E-state index contributed by atoms with van der Waals surface area (Å²) in [6.07, 6.45) is 5.72. The maximum Gasteiger partial charge on any atom is 0.201 e. The number of halogens is 2. The van der Waals surface area contributed by atoms with Crippen LogP contribution >= 0.6 is 0 Å². The molecular weight excluding hydrogens is 258 g/mol. The average Bonchev–Trinajstić information content (AvgIpc) is 2.49. The molecule has 1 aromatic carbocycles. The van der Waals surface area contributed by atoms with Gasteiger partial charge in [0.25, 0.3) is 0 Å². The molecule has 0 aliphatic heterocycles. The molecular formula is C17H20F2O. The maximum absolute atomic E-state index is 13.8. The van der Waals surface area contributed by atoms with E-state index in [4.69, 9.17) is 4.74 Å². The van der Waals surface area contributed by atoms with Crippen LogP contribution in [0.2, 0.25) is 0 Å². The van der Waals surface area contributed by atoms with Crippen LogP contribution in [0.25, 0.3) is 0 Å². The van der Waals surface area contributed by atoms with Crippen LogP contribution in [-0.4, -0.2) is 7.11 Å². The highest BCUT2D eigenvalue weighted by atomic mass is 19.2. The molecule has 0 amide bonds. The van der Waals surface area contributed by atoms with Crippen molar-refractivity contribution in [2.24, 2.45) is 11.8 Å². The van der Waals surface area contributed by atoms with E-state index >= 15 is 0 Å². The second kappa shape index (κ2) is 6.74. The van der Waals surface area contributed by atoms with Gasteiger partial charge < -0.3 is 4.74 Å². The molecule has 1 fully saturated rings. The van der Waals surface area contributed by atoms with Gasteiger partial charge in [-0.05, 0) is 43.7 Å². The third-order valence-corrected chi connectivity index (χ3v) is 4.10. The molecule has 1 aliphatic rings. The highest BCUT2D eigenvalue weighted by Gasteiger charge is 2.18. The molecule has 0 saturated heterocycles. The topological polar surface area (TPSA) is 9.23 Å². The van der Waals surface area contributed by atoms with E-state index in [1.165, 1.54) is 38.5 Å². The van der Waals surface area contributed by atoms with E-state index in [0.717, 1.165) is 18.8 Å². The van der Waals surface area contributed by atoms with E-state index in [-0.39, 0.29) is 11.3 Å². The van der Waals surface area contributed by atoms with Crippen molar-refractivity contribution >= 4 is 0 Å². The molecule has 0 aromatic heterocycles. The fraction of sp³-hybridized carbons (Fsp3) is 0.529. The minimum absolute atomic E-state index is 0.0866. The van der Waals surface area contributed by atoms with E-state index < -0.39 is 11.6 Å². The van der Waals surface area contributed by atoms with Crippen LogP contribution in [0.4, 0.5) is 8.78 Å². The van der Waals surface area contributed by atoms with Crippen LogP contribution in [0.1, 0.15) is 44.6 Å². The van der Waals surface area contributed by atoms with Gasteiger partial charge in [-0.3, -0.25) is 0 Å². The molecule has 1 nitrogen and oxygen atoms in total. The number of rotatable bonds is 2. The Morgan fingerprint density at radius 2 is 1.85 bits per heavy atom. The fourth-order valence-electron chi connectivity index (χ4n) is 2.68. The molecule has 1 aliphatic carbocycles. The Morgan fingerprint density at radius 3 is 2.45 bits per heavy atom. The molecule has 0 heterocycles. The van der Waals surface area contributed by atoms with Crippen molar-refractivity contribution in [1.29, 1.82) is 0 Å². The SMILES string of the molecule is CCC1CCC(C#Cc2ccc(OC)c(F)c2F)CC1. The van der Waals surface area contributed by atoms with Gasteiger partial charge >= 0.3 is 0 Å². The van der Waals surface area contributed by atoms with Crippen molar-refractivity contribution in [1.82, 2.24) is 0 Å². The first kappa shape index (κ1) is 14.8. The molecule has 20 heavy (non-hydrogen) atoms. The lowest BCUT2D eigenvalue weighted by atomic mass is 9.81. The Morgan fingerprint density at radius 1 is 1.15 bits per heavy atom. The Hall–Kier alpha value is -1.56. The summed E-state index contributed by atoms with van der Waals surface area (Å²) >= 11 is 0. The predicted molar refractivity (Wildman–Crippen MR) is 75.5 cm³/mol. The van der Waals surface area contributed by atoms with Gasteiger partial charge in [-0.15, -0.1) is 0 Å². The van der Waals surface area contributed by atoms with E-state index in [1.807, 2.05) is 0 Å².